The second-order valence-electron chi connectivity index (χ2n) is 5.60. The molecule has 0 aromatic heterocycles. The Morgan fingerprint density at radius 1 is 1.43 bits per heavy atom. The van der Waals surface area contributed by atoms with Crippen LogP contribution in [-0.2, 0) is 11.3 Å². The highest BCUT2D eigenvalue weighted by Crippen LogP contribution is 2.11. The second-order valence-corrected chi connectivity index (χ2v) is 5.60. The molecule has 0 saturated carbocycles. The molecule has 2 rings (SSSR count). The summed E-state index contributed by atoms with van der Waals surface area (Å²) in [6.07, 6.45) is 0.968. The lowest BCUT2D eigenvalue weighted by Gasteiger charge is -2.24. The van der Waals surface area contributed by atoms with Gasteiger partial charge in [-0.1, -0.05) is 12.1 Å². The van der Waals surface area contributed by atoms with Crippen LogP contribution < -0.4 is 0 Å². The molecular weight excluding hydrogens is 266 g/mol. The minimum absolute atomic E-state index is 0.142. The quantitative estimate of drug-likeness (QED) is 0.846. The molecule has 1 N–H and O–H groups in total. The third-order valence-electron chi connectivity index (χ3n) is 3.66. The van der Waals surface area contributed by atoms with Crippen molar-refractivity contribution in [2.24, 2.45) is 0 Å². The molecule has 1 aromatic rings. The largest absolute Gasteiger partial charge is 0.390 e. The van der Waals surface area contributed by atoms with Crippen LogP contribution in [0.3, 0.4) is 0 Å². The van der Waals surface area contributed by atoms with Gasteiger partial charge in [0, 0.05) is 32.6 Å². The van der Waals surface area contributed by atoms with Gasteiger partial charge in [-0.15, -0.1) is 0 Å². The number of likely N-dealkylation sites (tertiary alicyclic amines) is 1. The van der Waals surface area contributed by atoms with E-state index in [9.17, 15) is 9.90 Å². The number of nitrogens with zero attached hydrogens (tertiary/aromatic N) is 3. The van der Waals surface area contributed by atoms with Crippen LogP contribution in [0.1, 0.15) is 24.0 Å². The molecule has 0 bridgehead atoms. The fourth-order valence-corrected chi connectivity index (χ4v) is 2.63. The predicted octanol–water partition coefficient (Wildman–Crippen LogP) is 0.973. The summed E-state index contributed by atoms with van der Waals surface area (Å²) in [6.45, 7) is 2.40. The van der Waals surface area contributed by atoms with Crippen molar-refractivity contribution in [3.63, 3.8) is 0 Å². The van der Waals surface area contributed by atoms with Gasteiger partial charge in [0.1, 0.15) is 0 Å². The molecule has 1 aromatic carbocycles. The lowest BCUT2D eigenvalue weighted by molar-refractivity contribution is -0.129. The fraction of sp³-hybridized carbons (Fsp3) is 0.500. The number of rotatable bonds is 6. The maximum atomic E-state index is 11.5. The molecule has 1 aliphatic heterocycles. The van der Waals surface area contributed by atoms with E-state index in [1.54, 1.807) is 17.0 Å². The minimum Gasteiger partial charge on any atom is -0.390 e. The first-order valence-electron chi connectivity index (χ1n) is 7.22. The molecule has 1 fully saturated rings. The number of amides is 1. The van der Waals surface area contributed by atoms with Gasteiger partial charge in [-0.25, -0.2) is 0 Å². The van der Waals surface area contributed by atoms with E-state index in [0.717, 1.165) is 18.5 Å². The van der Waals surface area contributed by atoms with Crippen molar-refractivity contribution in [3.05, 3.63) is 35.4 Å². The Morgan fingerprint density at radius 2 is 2.14 bits per heavy atom. The van der Waals surface area contributed by atoms with Crippen molar-refractivity contribution in [2.75, 3.05) is 26.7 Å². The van der Waals surface area contributed by atoms with Crippen LogP contribution in [0, 0.1) is 11.3 Å². The van der Waals surface area contributed by atoms with Gasteiger partial charge in [-0.2, -0.15) is 5.26 Å². The molecule has 1 amide bonds. The van der Waals surface area contributed by atoms with E-state index in [1.165, 1.54) is 0 Å². The molecule has 5 nitrogen and oxygen atoms in total. The standard InChI is InChI=1S/C16H21N3O2/c1-18(10-14-6-4-13(9-17)5-7-14)11-15(20)12-19-8-2-3-16(19)21/h4-7,15,20H,2-3,8,10-12H2,1H3. The summed E-state index contributed by atoms with van der Waals surface area (Å²) in [5, 5.41) is 18.8. The number of nitriles is 1. The van der Waals surface area contributed by atoms with Gasteiger partial charge < -0.3 is 10.0 Å². The van der Waals surface area contributed by atoms with Crippen molar-refractivity contribution in [1.82, 2.24) is 9.80 Å². The highest BCUT2D eigenvalue weighted by molar-refractivity contribution is 5.78. The maximum Gasteiger partial charge on any atom is 0.222 e. The minimum atomic E-state index is -0.532. The van der Waals surface area contributed by atoms with Crippen molar-refractivity contribution < 1.29 is 9.90 Å². The first-order valence-corrected chi connectivity index (χ1v) is 7.22. The van der Waals surface area contributed by atoms with Gasteiger partial charge in [-0.05, 0) is 31.2 Å². The molecular formula is C16H21N3O2. The van der Waals surface area contributed by atoms with Crippen LogP contribution in [0.2, 0.25) is 0 Å². The Hall–Kier alpha value is -1.90. The zero-order chi connectivity index (χ0) is 15.2. The fourth-order valence-electron chi connectivity index (χ4n) is 2.63. The second kappa shape index (κ2) is 7.21. The number of hydrogen-bond acceptors (Lipinski definition) is 4. The topological polar surface area (TPSA) is 67.6 Å². The maximum absolute atomic E-state index is 11.5. The number of carbonyl (C=O) groups is 1. The molecule has 21 heavy (non-hydrogen) atoms. The Bertz CT molecular complexity index is 521. The molecule has 1 aliphatic rings. The summed E-state index contributed by atoms with van der Waals surface area (Å²) in [6, 6.07) is 9.53. The molecule has 1 atom stereocenters. The first-order chi connectivity index (χ1) is 10.1. The van der Waals surface area contributed by atoms with Crippen LogP contribution in [0.15, 0.2) is 24.3 Å². The molecule has 1 unspecified atom stereocenters. The van der Waals surface area contributed by atoms with Crippen molar-refractivity contribution >= 4 is 5.91 Å². The molecule has 0 spiro atoms. The zero-order valence-corrected chi connectivity index (χ0v) is 12.3. The van der Waals surface area contributed by atoms with Gasteiger partial charge >= 0.3 is 0 Å². The summed E-state index contributed by atoms with van der Waals surface area (Å²) in [5.41, 5.74) is 1.75. The summed E-state index contributed by atoms with van der Waals surface area (Å²) >= 11 is 0. The van der Waals surface area contributed by atoms with Gasteiger partial charge in [-0.3, -0.25) is 9.69 Å². The lowest BCUT2D eigenvalue weighted by atomic mass is 10.1. The Kier molecular flexibility index (Phi) is 5.32. The molecule has 0 aliphatic carbocycles. The lowest BCUT2D eigenvalue weighted by Crippen LogP contribution is -2.39. The van der Waals surface area contributed by atoms with Crippen molar-refractivity contribution in [2.45, 2.75) is 25.5 Å². The number of aliphatic hydroxyl groups excluding tert-OH is 1. The van der Waals surface area contributed by atoms with Crippen LogP contribution in [0.25, 0.3) is 0 Å². The van der Waals surface area contributed by atoms with Crippen molar-refractivity contribution in [1.29, 1.82) is 5.26 Å². The third-order valence-corrected chi connectivity index (χ3v) is 3.66. The number of hydrogen-bond donors (Lipinski definition) is 1. The first kappa shape index (κ1) is 15.5. The molecule has 5 heteroatoms. The monoisotopic (exact) mass is 287 g/mol. The van der Waals surface area contributed by atoms with Gasteiger partial charge in [0.15, 0.2) is 0 Å². The Morgan fingerprint density at radius 3 is 2.71 bits per heavy atom. The van der Waals surface area contributed by atoms with Crippen LogP contribution in [-0.4, -0.2) is 53.6 Å². The molecule has 1 saturated heterocycles. The average molecular weight is 287 g/mol. The van der Waals surface area contributed by atoms with Gasteiger partial charge in [0.25, 0.3) is 0 Å². The number of β-amino-alcohol motifs (C(OH)–C–C–N with tert-alkyl or cyclic N) is 1. The summed E-state index contributed by atoms with van der Waals surface area (Å²) in [5.74, 6) is 0.142. The third kappa shape index (κ3) is 4.55. The smallest absolute Gasteiger partial charge is 0.222 e. The van der Waals surface area contributed by atoms with E-state index in [0.29, 0.717) is 31.6 Å². The highest BCUT2D eigenvalue weighted by atomic mass is 16.3. The van der Waals surface area contributed by atoms with Crippen molar-refractivity contribution in [3.8, 4) is 6.07 Å². The number of carbonyl (C=O) groups excluding carboxylic acids is 1. The Labute approximate surface area is 125 Å². The Balaban J connectivity index is 1.79. The van der Waals surface area contributed by atoms with Crippen LogP contribution in [0.5, 0.6) is 0 Å². The number of benzene rings is 1. The number of aliphatic hydroxyl groups is 1. The molecule has 0 radical (unpaired) electrons. The average Bonchev–Trinajstić information content (AvgIpc) is 2.84. The van der Waals surface area contributed by atoms with E-state index in [1.807, 2.05) is 24.1 Å². The zero-order valence-electron chi connectivity index (χ0n) is 12.3. The predicted molar refractivity (Wildman–Crippen MR) is 79.3 cm³/mol. The van der Waals surface area contributed by atoms with Gasteiger partial charge in [0.05, 0.1) is 17.7 Å². The van der Waals surface area contributed by atoms with E-state index in [-0.39, 0.29) is 5.91 Å². The SMILES string of the molecule is CN(Cc1ccc(C#N)cc1)CC(O)CN1CCCC1=O. The van der Waals surface area contributed by atoms with E-state index in [4.69, 9.17) is 5.26 Å². The van der Waals surface area contributed by atoms with Crippen LogP contribution >= 0.6 is 0 Å². The highest BCUT2D eigenvalue weighted by Gasteiger charge is 2.22. The molecule has 112 valence electrons. The van der Waals surface area contributed by atoms with E-state index < -0.39 is 6.10 Å². The number of likely N-dealkylation sites (N-methyl/N-ethyl adjacent to an activating group) is 1. The summed E-state index contributed by atoms with van der Waals surface area (Å²) < 4.78 is 0. The normalized spacial score (nSPS) is 16.3. The molecule has 1 heterocycles. The summed E-state index contributed by atoms with van der Waals surface area (Å²) in [4.78, 5) is 15.3. The van der Waals surface area contributed by atoms with E-state index >= 15 is 0 Å². The van der Waals surface area contributed by atoms with Gasteiger partial charge in [0.2, 0.25) is 5.91 Å². The summed E-state index contributed by atoms with van der Waals surface area (Å²) in [7, 11) is 1.94. The van der Waals surface area contributed by atoms with Crippen LogP contribution in [0.4, 0.5) is 0 Å². The van der Waals surface area contributed by atoms with E-state index in [2.05, 4.69) is 6.07 Å².